The fourth-order valence-electron chi connectivity index (χ4n) is 2.85. The Hall–Kier alpha value is -2.78. The Morgan fingerprint density at radius 3 is 2.52 bits per heavy atom. The molecule has 128 valence electrons. The van der Waals surface area contributed by atoms with E-state index in [2.05, 4.69) is 4.98 Å². The van der Waals surface area contributed by atoms with Crippen LogP contribution in [0.25, 0.3) is 0 Å². The molecule has 0 radical (unpaired) electrons. The van der Waals surface area contributed by atoms with E-state index >= 15 is 0 Å². The molecule has 1 saturated heterocycles. The maximum absolute atomic E-state index is 11.9. The topological polar surface area (TPSA) is 86.5 Å². The van der Waals surface area contributed by atoms with Crippen LogP contribution in [0.2, 0.25) is 5.02 Å². The number of hydrogen-bond donors (Lipinski definition) is 1. The highest BCUT2D eigenvalue weighted by molar-refractivity contribution is 6.30. The molecule has 0 atom stereocenters. The molecule has 1 aromatic heterocycles. The Kier molecular flexibility index (Phi) is 4.77. The summed E-state index contributed by atoms with van der Waals surface area (Å²) in [5, 5.41) is 19.2. The van der Waals surface area contributed by atoms with Gasteiger partial charge in [-0.3, -0.25) is 0 Å². The van der Waals surface area contributed by atoms with Crippen LogP contribution in [0.5, 0.6) is 5.75 Å². The van der Waals surface area contributed by atoms with Crippen LogP contribution in [-0.2, 0) is 4.79 Å². The summed E-state index contributed by atoms with van der Waals surface area (Å²) in [7, 11) is 0. The maximum atomic E-state index is 11.9. The fraction of sp³-hybridized carbons (Fsp3) is 0.278. The molecule has 0 amide bonds. The summed E-state index contributed by atoms with van der Waals surface area (Å²) in [6, 6.07) is 13.9. The second-order valence-corrected chi connectivity index (χ2v) is 6.27. The average molecular weight is 358 g/mol. The van der Waals surface area contributed by atoms with Crippen molar-refractivity contribution in [1.82, 2.24) is 4.98 Å². The van der Waals surface area contributed by atoms with E-state index in [9.17, 15) is 9.90 Å². The molecule has 1 aliphatic heterocycles. The lowest BCUT2D eigenvalue weighted by molar-refractivity contribution is -0.157. The quantitative estimate of drug-likeness (QED) is 0.904. The molecule has 1 N–H and O–H groups in total. The molecule has 0 saturated carbocycles. The van der Waals surface area contributed by atoms with Gasteiger partial charge in [-0.2, -0.15) is 5.26 Å². The van der Waals surface area contributed by atoms with Crippen LogP contribution in [-0.4, -0.2) is 34.8 Å². The first-order chi connectivity index (χ1) is 12.0. The summed E-state index contributed by atoms with van der Waals surface area (Å²) >= 11 is 5.85. The molecule has 1 fully saturated rings. The number of anilines is 1. The van der Waals surface area contributed by atoms with E-state index in [1.54, 1.807) is 36.4 Å². The Labute approximate surface area is 150 Å². The van der Waals surface area contributed by atoms with Crippen molar-refractivity contribution in [1.29, 1.82) is 5.26 Å². The van der Waals surface area contributed by atoms with Gasteiger partial charge in [0.2, 0.25) is 5.60 Å². The molecule has 2 aromatic rings. The number of hydrogen-bond acceptors (Lipinski definition) is 5. The number of nitriles is 1. The van der Waals surface area contributed by atoms with Crippen LogP contribution < -0.4 is 9.64 Å². The summed E-state index contributed by atoms with van der Waals surface area (Å²) in [5.74, 6) is 0.162. The van der Waals surface area contributed by atoms with Gasteiger partial charge in [0.15, 0.2) is 0 Å². The average Bonchev–Trinajstić information content (AvgIpc) is 2.64. The standard InChI is InChI=1S/C18H16ClN3O3/c19-13-4-6-15(7-5-13)25-18(17(23)24)8-10-22(11-9-18)16-3-1-2-14(12-20)21-16/h1-7H,8-11H2,(H,23,24). The van der Waals surface area contributed by atoms with Gasteiger partial charge in [-0.05, 0) is 36.4 Å². The zero-order valence-electron chi connectivity index (χ0n) is 13.4. The van der Waals surface area contributed by atoms with Gasteiger partial charge in [0, 0.05) is 31.0 Å². The number of halogens is 1. The van der Waals surface area contributed by atoms with Gasteiger partial charge in [-0.1, -0.05) is 17.7 Å². The van der Waals surface area contributed by atoms with Crippen molar-refractivity contribution in [2.75, 3.05) is 18.0 Å². The monoisotopic (exact) mass is 357 g/mol. The van der Waals surface area contributed by atoms with Crippen LogP contribution >= 0.6 is 11.6 Å². The number of rotatable bonds is 4. The van der Waals surface area contributed by atoms with Gasteiger partial charge >= 0.3 is 5.97 Å². The first-order valence-electron chi connectivity index (χ1n) is 7.82. The number of aliphatic carboxylic acids is 1. The molecule has 25 heavy (non-hydrogen) atoms. The second-order valence-electron chi connectivity index (χ2n) is 5.84. The molecule has 6 nitrogen and oxygen atoms in total. The number of ether oxygens (including phenoxy) is 1. The van der Waals surface area contributed by atoms with Crippen LogP contribution in [0.4, 0.5) is 5.82 Å². The second kappa shape index (κ2) is 6.99. The highest BCUT2D eigenvalue weighted by Gasteiger charge is 2.44. The van der Waals surface area contributed by atoms with E-state index in [4.69, 9.17) is 21.6 Å². The molecular formula is C18H16ClN3O3. The fourth-order valence-corrected chi connectivity index (χ4v) is 2.97. The number of piperidine rings is 1. The van der Waals surface area contributed by atoms with E-state index in [1.807, 2.05) is 17.0 Å². The normalized spacial score (nSPS) is 16.1. The minimum atomic E-state index is -1.28. The summed E-state index contributed by atoms with van der Waals surface area (Å²) in [5.41, 5.74) is -0.943. The van der Waals surface area contributed by atoms with Crippen LogP contribution in [0, 0.1) is 11.3 Å². The van der Waals surface area contributed by atoms with Crippen molar-refractivity contribution in [3.05, 3.63) is 53.2 Å². The van der Waals surface area contributed by atoms with E-state index in [0.29, 0.717) is 48.2 Å². The largest absolute Gasteiger partial charge is 0.478 e. The summed E-state index contributed by atoms with van der Waals surface area (Å²) in [6.45, 7) is 0.948. The summed E-state index contributed by atoms with van der Waals surface area (Å²) in [6.07, 6.45) is 0.618. The molecule has 3 rings (SSSR count). The van der Waals surface area contributed by atoms with Crippen molar-refractivity contribution in [3.63, 3.8) is 0 Å². The lowest BCUT2D eigenvalue weighted by atomic mass is 9.91. The molecule has 0 aliphatic carbocycles. The molecule has 7 heteroatoms. The SMILES string of the molecule is N#Cc1cccc(N2CCC(Oc3ccc(Cl)cc3)(C(=O)O)CC2)n1. The Bertz CT molecular complexity index is 809. The smallest absolute Gasteiger partial charge is 0.348 e. The van der Waals surface area contributed by atoms with Gasteiger partial charge in [0.05, 0.1) is 0 Å². The van der Waals surface area contributed by atoms with Gasteiger partial charge in [0.1, 0.15) is 23.3 Å². The molecule has 0 bridgehead atoms. The van der Waals surface area contributed by atoms with Crippen molar-refractivity contribution in [2.24, 2.45) is 0 Å². The number of aromatic nitrogens is 1. The summed E-state index contributed by atoms with van der Waals surface area (Å²) < 4.78 is 5.83. The van der Waals surface area contributed by atoms with Gasteiger partial charge in [-0.15, -0.1) is 0 Å². The zero-order chi connectivity index (χ0) is 17.9. The van der Waals surface area contributed by atoms with E-state index in [1.165, 1.54) is 0 Å². The lowest BCUT2D eigenvalue weighted by Crippen LogP contribution is -2.53. The van der Waals surface area contributed by atoms with E-state index < -0.39 is 11.6 Å². The van der Waals surface area contributed by atoms with Gasteiger partial charge in [0.25, 0.3) is 0 Å². The Morgan fingerprint density at radius 2 is 1.92 bits per heavy atom. The molecule has 0 unspecified atom stereocenters. The number of carboxylic acids is 1. The third kappa shape index (κ3) is 3.67. The maximum Gasteiger partial charge on any atom is 0.348 e. The lowest BCUT2D eigenvalue weighted by Gasteiger charge is -2.39. The first kappa shape index (κ1) is 17.1. The molecule has 0 spiro atoms. The predicted molar refractivity (Wildman–Crippen MR) is 92.8 cm³/mol. The van der Waals surface area contributed by atoms with Crippen LogP contribution in [0.15, 0.2) is 42.5 Å². The first-order valence-corrected chi connectivity index (χ1v) is 8.20. The molecule has 1 aliphatic rings. The van der Waals surface area contributed by atoms with Crippen LogP contribution in [0.3, 0.4) is 0 Å². The highest BCUT2D eigenvalue weighted by atomic mass is 35.5. The minimum absolute atomic E-state index is 0.309. The number of pyridine rings is 1. The van der Waals surface area contributed by atoms with Crippen LogP contribution in [0.1, 0.15) is 18.5 Å². The van der Waals surface area contributed by atoms with Crippen molar-refractivity contribution >= 4 is 23.4 Å². The highest BCUT2D eigenvalue weighted by Crippen LogP contribution is 2.31. The molecule has 1 aromatic carbocycles. The van der Waals surface area contributed by atoms with Gasteiger partial charge in [-0.25, -0.2) is 9.78 Å². The molecular weight excluding hydrogens is 342 g/mol. The minimum Gasteiger partial charge on any atom is -0.478 e. The Balaban J connectivity index is 1.75. The number of nitrogens with zero attached hydrogens (tertiary/aromatic N) is 3. The van der Waals surface area contributed by atoms with Crippen molar-refractivity contribution < 1.29 is 14.6 Å². The van der Waals surface area contributed by atoms with E-state index in [-0.39, 0.29) is 0 Å². The third-order valence-corrected chi connectivity index (χ3v) is 4.51. The predicted octanol–water partition coefficient (Wildman–Crippen LogP) is 3.11. The zero-order valence-corrected chi connectivity index (χ0v) is 14.1. The number of carboxylic acid groups (broad SMARTS) is 1. The Morgan fingerprint density at radius 1 is 1.24 bits per heavy atom. The number of carbonyl (C=O) groups is 1. The number of benzene rings is 1. The van der Waals surface area contributed by atoms with Crippen molar-refractivity contribution in [3.8, 4) is 11.8 Å². The molecule has 2 heterocycles. The van der Waals surface area contributed by atoms with Gasteiger partial charge < -0.3 is 14.7 Å². The van der Waals surface area contributed by atoms with Crippen molar-refractivity contribution in [2.45, 2.75) is 18.4 Å². The third-order valence-electron chi connectivity index (χ3n) is 4.26. The van der Waals surface area contributed by atoms with E-state index in [0.717, 1.165) is 0 Å². The summed E-state index contributed by atoms with van der Waals surface area (Å²) in [4.78, 5) is 18.1.